The van der Waals surface area contributed by atoms with Crippen molar-refractivity contribution in [3.8, 4) is 0 Å². The number of alkyl halides is 6. The van der Waals surface area contributed by atoms with E-state index in [2.05, 4.69) is 0 Å². The van der Waals surface area contributed by atoms with Crippen molar-refractivity contribution >= 4 is 9.84 Å². The average Bonchev–Trinajstić information content (AvgIpc) is 2.34. The summed E-state index contributed by atoms with van der Waals surface area (Å²) in [5.74, 6) is -3.58. The summed E-state index contributed by atoms with van der Waals surface area (Å²) in [6.45, 7) is -0.927. The number of benzene rings is 1. The topological polar surface area (TPSA) is 60.2 Å². The van der Waals surface area contributed by atoms with Crippen molar-refractivity contribution in [2.24, 2.45) is 11.7 Å². The number of nitrogens with two attached hydrogens (primary N) is 1. The van der Waals surface area contributed by atoms with Crippen LogP contribution in [0, 0.1) is 5.92 Å². The fourth-order valence-electron chi connectivity index (χ4n) is 1.51. The summed E-state index contributed by atoms with van der Waals surface area (Å²) in [4.78, 5) is -0.613. The van der Waals surface area contributed by atoms with Crippen LogP contribution in [0.15, 0.2) is 29.2 Å². The standard InChI is InChI=1S/C11H11F6NO2S/c12-10(13,14)7-1-3-9(4-2-7)21(19,20)6-8(5-18)11(15,16)17/h1-4,8H,5-6,18H2. The molecule has 0 aliphatic heterocycles. The summed E-state index contributed by atoms with van der Waals surface area (Å²) < 4.78 is 98.0. The molecule has 0 saturated carbocycles. The van der Waals surface area contributed by atoms with Gasteiger partial charge in [0.2, 0.25) is 0 Å². The van der Waals surface area contributed by atoms with Gasteiger partial charge in [0.1, 0.15) is 0 Å². The Morgan fingerprint density at radius 3 is 1.81 bits per heavy atom. The molecule has 0 fully saturated rings. The molecule has 0 heterocycles. The molecule has 0 aliphatic rings. The van der Waals surface area contributed by atoms with E-state index in [1.807, 2.05) is 0 Å². The van der Waals surface area contributed by atoms with Gasteiger partial charge in [-0.05, 0) is 24.3 Å². The van der Waals surface area contributed by atoms with Gasteiger partial charge in [0.25, 0.3) is 0 Å². The van der Waals surface area contributed by atoms with Crippen molar-refractivity contribution in [3.05, 3.63) is 29.8 Å². The highest BCUT2D eigenvalue weighted by atomic mass is 32.2. The van der Waals surface area contributed by atoms with Gasteiger partial charge in [0.05, 0.1) is 22.1 Å². The van der Waals surface area contributed by atoms with E-state index in [9.17, 15) is 34.8 Å². The summed E-state index contributed by atoms with van der Waals surface area (Å²) in [5.41, 5.74) is 3.80. The molecule has 0 bridgehead atoms. The minimum atomic E-state index is -4.80. The third-order valence-corrected chi connectivity index (χ3v) is 4.54. The summed E-state index contributed by atoms with van der Waals surface area (Å²) >= 11 is 0. The van der Waals surface area contributed by atoms with E-state index in [1.54, 1.807) is 0 Å². The highest BCUT2D eigenvalue weighted by molar-refractivity contribution is 7.91. The third-order valence-electron chi connectivity index (χ3n) is 2.71. The number of halogens is 6. The van der Waals surface area contributed by atoms with Crippen molar-refractivity contribution in [1.29, 1.82) is 0 Å². The monoisotopic (exact) mass is 335 g/mol. The van der Waals surface area contributed by atoms with Gasteiger partial charge in [-0.3, -0.25) is 0 Å². The maximum Gasteiger partial charge on any atom is 0.416 e. The second-order valence-corrected chi connectivity index (χ2v) is 6.31. The largest absolute Gasteiger partial charge is 0.416 e. The van der Waals surface area contributed by atoms with Gasteiger partial charge in [0, 0.05) is 6.54 Å². The van der Waals surface area contributed by atoms with Crippen LogP contribution in [0.2, 0.25) is 0 Å². The van der Waals surface area contributed by atoms with Crippen molar-refractivity contribution < 1.29 is 34.8 Å². The molecule has 21 heavy (non-hydrogen) atoms. The Balaban J connectivity index is 3.04. The van der Waals surface area contributed by atoms with E-state index in [1.165, 1.54) is 0 Å². The maximum atomic E-state index is 12.5. The Kier molecular flexibility index (Phi) is 4.94. The fraction of sp³-hybridized carbons (Fsp3) is 0.455. The van der Waals surface area contributed by atoms with Crippen LogP contribution in [0.1, 0.15) is 5.56 Å². The van der Waals surface area contributed by atoms with Crippen LogP contribution < -0.4 is 5.73 Å². The lowest BCUT2D eigenvalue weighted by molar-refractivity contribution is -0.165. The number of sulfone groups is 1. The average molecular weight is 335 g/mol. The predicted molar refractivity (Wildman–Crippen MR) is 62.1 cm³/mol. The zero-order valence-electron chi connectivity index (χ0n) is 10.4. The van der Waals surface area contributed by atoms with Crippen LogP contribution >= 0.6 is 0 Å². The zero-order valence-corrected chi connectivity index (χ0v) is 11.2. The summed E-state index contributed by atoms with van der Waals surface area (Å²) in [7, 11) is -4.38. The molecule has 1 atom stereocenters. The molecule has 1 unspecified atom stereocenters. The quantitative estimate of drug-likeness (QED) is 0.861. The normalized spacial score (nSPS) is 15.0. The lowest BCUT2D eigenvalue weighted by Gasteiger charge is -2.18. The lowest BCUT2D eigenvalue weighted by atomic mass is 10.2. The van der Waals surface area contributed by atoms with E-state index in [4.69, 9.17) is 5.73 Å². The van der Waals surface area contributed by atoms with Crippen molar-refractivity contribution in [2.75, 3.05) is 12.3 Å². The fourth-order valence-corrected chi connectivity index (χ4v) is 3.11. The highest BCUT2D eigenvalue weighted by Gasteiger charge is 2.41. The Bertz CT molecular complexity index is 576. The van der Waals surface area contributed by atoms with Gasteiger partial charge in [0.15, 0.2) is 9.84 Å². The Morgan fingerprint density at radius 1 is 1.00 bits per heavy atom. The summed E-state index contributed by atoms with van der Waals surface area (Å²) in [5, 5.41) is 0. The van der Waals surface area contributed by atoms with E-state index >= 15 is 0 Å². The van der Waals surface area contributed by atoms with Crippen LogP contribution in [0.25, 0.3) is 0 Å². The molecule has 120 valence electrons. The molecule has 1 aromatic rings. The molecule has 2 N–H and O–H groups in total. The van der Waals surface area contributed by atoms with E-state index in [0.29, 0.717) is 24.3 Å². The highest BCUT2D eigenvalue weighted by Crippen LogP contribution is 2.31. The first-order valence-electron chi connectivity index (χ1n) is 5.54. The molecule has 0 amide bonds. The van der Waals surface area contributed by atoms with Crippen LogP contribution in [0.4, 0.5) is 26.3 Å². The SMILES string of the molecule is NCC(CS(=O)(=O)c1ccc(C(F)(F)F)cc1)C(F)(F)F. The number of hydrogen-bond donors (Lipinski definition) is 1. The van der Waals surface area contributed by atoms with Crippen molar-refractivity contribution in [2.45, 2.75) is 17.2 Å². The zero-order chi connectivity index (χ0) is 16.5. The Morgan fingerprint density at radius 2 is 1.48 bits per heavy atom. The van der Waals surface area contributed by atoms with E-state index in [0.717, 1.165) is 0 Å². The van der Waals surface area contributed by atoms with Crippen LogP contribution in [0.3, 0.4) is 0 Å². The number of hydrogen-bond acceptors (Lipinski definition) is 3. The molecule has 0 radical (unpaired) electrons. The molecular weight excluding hydrogens is 324 g/mol. The molecule has 0 aliphatic carbocycles. The molecule has 0 spiro atoms. The second-order valence-electron chi connectivity index (χ2n) is 4.28. The van der Waals surface area contributed by atoms with Crippen molar-refractivity contribution in [1.82, 2.24) is 0 Å². The minimum Gasteiger partial charge on any atom is -0.330 e. The molecule has 10 heteroatoms. The summed E-state index contributed by atoms with van der Waals surface area (Å²) in [6, 6.07) is 2.25. The van der Waals surface area contributed by atoms with Gasteiger partial charge >= 0.3 is 12.4 Å². The van der Waals surface area contributed by atoms with E-state index in [-0.39, 0.29) is 0 Å². The lowest BCUT2D eigenvalue weighted by Crippen LogP contribution is -2.36. The molecule has 0 aromatic heterocycles. The Labute approximate surface area is 116 Å². The maximum absolute atomic E-state index is 12.5. The first kappa shape index (κ1) is 17.8. The van der Waals surface area contributed by atoms with Gasteiger partial charge < -0.3 is 5.73 Å². The second kappa shape index (κ2) is 5.84. The summed E-state index contributed by atoms with van der Waals surface area (Å²) in [6.07, 6.45) is -9.46. The molecular formula is C11H11F6NO2S. The smallest absolute Gasteiger partial charge is 0.330 e. The predicted octanol–water partition coefficient (Wildman–Crippen LogP) is 2.62. The van der Waals surface area contributed by atoms with E-state index < -0.39 is 50.9 Å². The first-order chi connectivity index (χ1) is 9.38. The van der Waals surface area contributed by atoms with Crippen LogP contribution in [-0.2, 0) is 16.0 Å². The van der Waals surface area contributed by atoms with Gasteiger partial charge in [-0.1, -0.05) is 0 Å². The molecule has 0 saturated heterocycles. The van der Waals surface area contributed by atoms with Gasteiger partial charge in [-0.25, -0.2) is 8.42 Å². The Hall–Kier alpha value is -1.29. The third kappa shape index (κ3) is 4.60. The van der Waals surface area contributed by atoms with Crippen LogP contribution in [0.5, 0.6) is 0 Å². The van der Waals surface area contributed by atoms with Crippen LogP contribution in [-0.4, -0.2) is 26.9 Å². The molecule has 1 aromatic carbocycles. The minimum absolute atomic E-state index is 0.498. The van der Waals surface area contributed by atoms with Crippen molar-refractivity contribution in [3.63, 3.8) is 0 Å². The molecule has 1 rings (SSSR count). The molecule has 3 nitrogen and oxygen atoms in total. The number of rotatable bonds is 4. The van der Waals surface area contributed by atoms with Gasteiger partial charge in [-0.2, -0.15) is 26.3 Å². The first-order valence-corrected chi connectivity index (χ1v) is 7.20. The van der Waals surface area contributed by atoms with Gasteiger partial charge in [-0.15, -0.1) is 0 Å².